The van der Waals surface area contributed by atoms with Crippen LogP contribution in [0.2, 0.25) is 0 Å². The fourth-order valence-electron chi connectivity index (χ4n) is 3.11. The van der Waals surface area contributed by atoms with Gasteiger partial charge in [-0.05, 0) is 45.1 Å². The second-order valence-corrected chi connectivity index (χ2v) is 6.58. The highest BCUT2D eigenvalue weighted by Crippen LogP contribution is 2.27. The van der Waals surface area contributed by atoms with Crippen LogP contribution < -0.4 is 0 Å². The van der Waals surface area contributed by atoms with E-state index in [0.717, 1.165) is 23.8 Å². The number of alkyl halides is 3. The van der Waals surface area contributed by atoms with Gasteiger partial charge in [0.1, 0.15) is 6.61 Å². The lowest BCUT2D eigenvalue weighted by molar-refractivity contribution is -0.149. The van der Waals surface area contributed by atoms with Crippen LogP contribution >= 0.6 is 0 Å². The summed E-state index contributed by atoms with van der Waals surface area (Å²) >= 11 is 0. The minimum atomic E-state index is -4.64. The van der Waals surface area contributed by atoms with Crippen molar-refractivity contribution in [3.05, 3.63) is 22.8 Å². The maximum absolute atomic E-state index is 12.8. The Morgan fingerprint density at radius 2 is 2.07 bits per heavy atom. The quantitative estimate of drug-likeness (QED) is 0.736. The number of esters is 1. The molecule has 1 unspecified atom stereocenters. The monoisotopic (exact) mass is 386 g/mol. The lowest BCUT2D eigenvalue weighted by Gasteiger charge is -2.22. The highest BCUT2D eigenvalue weighted by Gasteiger charge is 2.37. The number of halogens is 3. The molecule has 1 aliphatic rings. The van der Waals surface area contributed by atoms with E-state index in [1.165, 1.54) is 0 Å². The second kappa shape index (κ2) is 7.79. The molecule has 1 aliphatic heterocycles. The molecule has 1 fully saturated rings. The number of rotatable bonds is 5. The standard InChI is InChI=1S/C17H21F3N4O3/c1-10-13(6-7-14(25)27-9-12-5-3-4-8-26-12)11(2)24-16(21-10)22-15(23-24)17(18,19)20/h12H,3-9H2,1-2H3. The molecule has 0 radical (unpaired) electrons. The topological polar surface area (TPSA) is 78.6 Å². The largest absolute Gasteiger partial charge is 0.463 e. The Kier molecular flexibility index (Phi) is 5.64. The number of aromatic nitrogens is 4. The summed E-state index contributed by atoms with van der Waals surface area (Å²) < 4.78 is 50.3. The predicted molar refractivity (Wildman–Crippen MR) is 88.1 cm³/mol. The highest BCUT2D eigenvalue weighted by atomic mass is 19.4. The third-order valence-electron chi connectivity index (χ3n) is 4.59. The lowest BCUT2D eigenvalue weighted by atomic mass is 10.1. The molecule has 0 N–H and O–H groups in total. The average Bonchev–Trinajstić information content (AvgIpc) is 3.05. The van der Waals surface area contributed by atoms with Gasteiger partial charge in [-0.3, -0.25) is 4.79 Å². The van der Waals surface area contributed by atoms with Crippen molar-refractivity contribution in [1.82, 2.24) is 19.6 Å². The average molecular weight is 386 g/mol. The molecule has 0 spiro atoms. The zero-order valence-corrected chi connectivity index (χ0v) is 15.2. The Balaban J connectivity index is 1.66. The van der Waals surface area contributed by atoms with Gasteiger partial charge in [0, 0.05) is 24.4 Å². The normalized spacial score (nSPS) is 18.0. The molecule has 2 aromatic rings. The van der Waals surface area contributed by atoms with Gasteiger partial charge in [-0.2, -0.15) is 18.2 Å². The maximum Gasteiger partial charge on any atom is 0.453 e. The molecule has 0 bridgehead atoms. The highest BCUT2D eigenvalue weighted by molar-refractivity contribution is 5.69. The molecule has 10 heteroatoms. The molecule has 0 amide bonds. The van der Waals surface area contributed by atoms with Crippen LogP contribution in [0.15, 0.2) is 0 Å². The van der Waals surface area contributed by atoms with Crippen molar-refractivity contribution in [1.29, 1.82) is 0 Å². The zero-order valence-electron chi connectivity index (χ0n) is 15.2. The molecule has 0 saturated carbocycles. The molecule has 0 aromatic carbocycles. The minimum Gasteiger partial charge on any atom is -0.463 e. The Bertz CT molecular complexity index is 829. The number of ether oxygens (including phenoxy) is 2. The first-order chi connectivity index (χ1) is 12.8. The summed E-state index contributed by atoms with van der Waals surface area (Å²) in [6.07, 6.45) is -1.34. The van der Waals surface area contributed by atoms with Gasteiger partial charge in [-0.1, -0.05) is 0 Å². The Labute approximate surface area is 153 Å². The summed E-state index contributed by atoms with van der Waals surface area (Å²) in [5.41, 5.74) is 1.65. The van der Waals surface area contributed by atoms with Gasteiger partial charge >= 0.3 is 12.1 Å². The lowest BCUT2D eigenvalue weighted by Crippen LogP contribution is -2.26. The minimum absolute atomic E-state index is 0.0554. The van der Waals surface area contributed by atoms with Crippen molar-refractivity contribution in [2.75, 3.05) is 13.2 Å². The van der Waals surface area contributed by atoms with Crippen LogP contribution in [0.3, 0.4) is 0 Å². The van der Waals surface area contributed by atoms with Crippen molar-refractivity contribution < 1.29 is 27.4 Å². The molecule has 2 aromatic heterocycles. The Morgan fingerprint density at radius 3 is 2.74 bits per heavy atom. The van der Waals surface area contributed by atoms with E-state index in [1.807, 2.05) is 0 Å². The molecule has 0 aliphatic carbocycles. The number of hydrogen-bond acceptors (Lipinski definition) is 6. The van der Waals surface area contributed by atoms with Gasteiger partial charge in [0.15, 0.2) is 0 Å². The molecule has 148 valence electrons. The van der Waals surface area contributed by atoms with E-state index >= 15 is 0 Å². The number of nitrogens with zero attached hydrogens (tertiary/aromatic N) is 4. The fourth-order valence-corrected chi connectivity index (χ4v) is 3.11. The summed E-state index contributed by atoms with van der Waals surface area (Å²) in [7, 11) is 0. The van der Waals surface area contributed by atoms with Gasteiger partial charge in [0.2, 0.25) is 0 Å². The van der Waals surface area contributed by atoms with Crippen molar-refractivity contribution in [2.24, 2.45) is 0 Å². The molecule has 3 rings (SSSR count). The third-order valence-corrected chi connectivity index (χ3v) is 4.59. The van der Waals surface area contributed by atoms with Crippen LogP contribution in [-0.2, 0) is 26.9 Å². The molecular weight excluding hydrogens is 365 g/mol. The smallest absolute Gasteiger partial charge is 0.453 e. The summed E-state index contributed by atoms with van der Waals surface area (Å²) in [5.74, 6) is -1.72. The van der Waals surface area contributed by atoms with Crippen molar-refractivity contribution >= 4 is 11.7 Å². The van der Waals surface area contributed by atoms with Gasteiger partial charge < -0.3 is 9.47 Å². The summed E-state index contributed by atoms with van der Waals surface area (Å²) in [4.78, 5) is 19.5. The van der Waals surface area contributed by atoms with Crippen LogP contribution in [0.5, 0.6) is 0 Å². The van der Waals surface area contributed by atoms with Gasteiger partial charge in [-0.15, -0.1) is 5.10 Å². The number of aryl methyl sites for hydroxylation is 2. The van der Waals surface area contributed by atoms with Gasteiger partial charge in [-0.25, -0.2) is 9.50 Å². The predicted octanol–water partition coefficient (Wildman–Crippen LogP) is 2.80. The third kappa shape index (κ3) is 4.55. The number of fused-ring (bicyclic) bond motifs is 1. The Morgan fingerprint density at radius 1 is 1.30 bits per heavy atom. The van der Waals surface area contributed by atoms with Crippen molar-refractivity contribution in [3.8, 4) is 0 Å². The van der Waals surface area contributed by atoms with Gasteiger partial charge in [0.05, 0.1) is 6.10 Å². The first-order valence-electron chi connectivity index (χ1n) is 8.83. The first-order valence-corrected chi connectivity index (χ1v) is 8.83. The van der Waals surface area contributed by atoms with Crippen LogP contribution in [0.25, 0.3) is 5.78 Å². The molecule has 1 saturated heterocycles. The van der Waals surface area contributed by atoms with Gasteiger partial charge in [0.25, 0.3) is 11.6 Å². The Hall–Kier alpha value is -2.23. The van der Waals surface area contributed by atoms with E-state index in [9.17, 15) is 18.0 Å². The van der Waals surface area contributed by atoms with Crippen LogP contribution in [-0.4, -0.2) is 44.9 Å². The summed E-state index contributed by atoms with van der Waals surface area (Å²) in [6, 6.07) is 0. The fraction of sp³-hybridized carbons (Fsp3) is 0.647. The van der Waals surface area contributed by atoms with E-state index in [4.69, 9.17) is 9.47 Å². The van der Waals surface area contributed by atoms with E-state index < -0.39 is 12.0 Å². The first kappa shape index (κ1) is 19.5. The number of carbonyl (C=O) groups is 1. The van der Waals surface area contributed by atoms with Crippen molar-refractivity contribution in [2.45, 2.75) is 58.2 Å². The molecule has 1 atom stereocenters. The van der Waals surface area contributed by atoms with Crippen LogP contribution in [0.1, 0.15) is 48.5 Å². The molecule has 3 heterocycles. The maximum atomic E-state index is 12.8. The van der Waals surface area contributed by atoms with E-state index in [-0.39, 0.29) is 30.9 Å². The number of carbonyl (C=O) groups excluding carboxylic acids is 1. The molecular formula is C17H21F3N4O3. The second-order valence-electron chi connectivity index (χ2n) is 6.58. The number of hydrogen-bond donors (Lipinski definition) is 0. The summed E-state index contributed by atoms with van der Waals surface area (Å²) in [6.45, 7) is 4.22. The SMILES string of the molecule is Cc1nc2nc(C(F)(F)F)nn2c(C)c1CCC(=O)OCC1CCCCO1. The van der Waals surface area contributed by atoms with E-state index in [2.05, 4.69) is 15.1 Å². The van der Waals surface area contributed by atoms with E-state index in [1.54, 1.807) is 13.8 Å². The zero-order chi connectivity index (χ0) is 19.6. The van der Waals surface area contributed by atoms with Crippen LogP contribution in [0, 0.1) is 13.8 Å². The molecule has 27 heavy (non-hydrogen) atoms. The summed E-state index contributed by atoms with van der Waals surface area (Å²) in [5, 5.41) is 3.50. The molecule has 7 nitrogen and oxygen atoms in total. The van der Waals surface area contributed by atoms with Crippen LogP contribution in [0.4, 0.5) is 13.2 Å². The van der Waals surface area contributed by atoms with Crippen molar-refractivity contribution in [3.63, 3.8) is 0 Å². The van der Waals surface area contributed by atoms with E-state index in [0.29, 0.717) is 30.0 Å².